The van der Waals surface area contributed by atoms with E-state index < -0.39 is 11.6 Å². The van der Waals surface area contributed by atoms with Crippen LogP contribution in [0.15, 0.2) is 41.8 Å². The van der Waals surface area contributed by atoms with Crippen LogP contribution < -0.4 is 4.90 Å². The number of methoxy groups -OCH3 is 1. The second kappa shape index (κ2) is 10.4. The molecule has 2 aromatic rings. The van der Waals surface area contributed by atoms with Crippen molar-refractivity contribution in [2.45, 2.75) is 56.3 Å². The number of benzene rings is 2. The Balaban J connectivity index is 1.64. The zero-order chi connectivity index (χ0) is 27.3. The van der Waals surface area contributed by atoms with Gasteiger partial charge in [0.1, 0.15) is 11.6 Å². The fourth-order valence-corrected chi connectivity index (χ4v) is 7.78. The van der Waals surface area contributed by atoms with Crippen molar-refractivity contribution in [1.29, 1.82) is 0 Å². The number of halogens is 2. The standard InChI is InChI=1S/C29H33F2N3O3S/c1-6-25(35)33-17(3)12-32(13-18(33)4)24-11-26(36)34-20(14-37-5)15-38-29-27(16(2)9-22(24)28(29)34)21-8-7-19(30)10-23(21)31/h6-10,17-18,20,24H,1,11-15H2,2-5H3/t17-,18+,20-,24?/m0/s1. The van der Waals surface area contributed by atoms with Gasteiger partial charge in [0.15, 0.2) is 0 Å². The number of rotatable bonds is 5. The first-order chi connectivity index (χ1) is 18.2. The Labute approximate surface area is 226 Å². The molecule has 1 unspecified atom stereocenters. The number of ether oxygens (including phenoxy) is 1. The molecule has 2 amide bonds. The Morgan fingerprint density at radius 2 is 1.92 bits per heavy atom. The van der Waals surface area contributed by atoms with E-state index in [2.05, 4.69) is 17.5 Å². The minimum Gasteiger partial charge on any atom is -0.383 e. The maximum absolute atomic E-state index is 15.0. The molecule has 2 aromatic carbocycles. The molecule has 0 spiro atoms. The number of hydrogen-bond donors (Lipinski definition) is 0. The van der Waals surface area contributed by atoms with Crippen LogP contribution in [0.3, 0.4) is 0 Å². The van der Waals surface area contributed by atoms with E-state index in [0.29, 0.717) is 43.0 Å². The Bertz CT molecular complexity index is 1290. The molecular weight excluding hydrogens is 508 g/mol. The number of aryl methyl sites for hydroxylation is 1. The number of hydrogen-bond acceptors (Lipinski definition) is 5. The minimum atomic E-state index is -0.627. The van der Waals surface area contributed by atoms with Gasteiger partial charge < -0.3 is 14.5 Å². The molecule has 9 heteroatoms. The van der Waals surface area contributed by atoms with E-state index in [-0.39, 0.29) is 36.0 Å². The summed E-state index contributed by atoms with van der Waals surface area (Å²) in [6.07, 6.45) is 1.67. The fourth-order valence-electron chi connectivity index (χ4n) is 6.41. The summed E-state index contributed by atoms with van der Waals surface area (Å²) in [5, 5.41) is 0. The average Bonchev–Trinajstić information content (AvgIpc) is 2.86. The van der Waals surface area contributed by atoms with E-state index in [1.165, 1.54) is 18.2 Å². The van der Waals surface area contributed by atoms with Crippen LogP contribution in [-0.2, 0) is 14.3 Å². The topological polar surface area (TPSA) is 53.1 Å². The number of nitrogens with zero attached hydrogens (tertiary/aromatic N) is 3. The minimum absolute atomic E-state index is 0.00499. The summed E-state index contributed by atoms with van der Waals surface area (Å²) < 4.78 is 34.3. The smallest absolute Gasteiger partial charge is 0.246 e. The van der Waals surface area contributed by atoms with Crippen LogP contribution in [0.25, 0.3) is 11.1 Å². The molecule has 1 fully saturated rings. The Morgan fingerprint density at radius 1 is 1.21 bits per heavy atom. The molecular formula is C29H33F2N3O3S. The summed E-state index contributed by atoms with van der Waals surface area (Å²) in [7, 11) is 1.62. The van der Waals surface area contributed by atoms with Crippen molar-refractivity contribution in [3.63, 3.8) is 0 Å². The lowest BCUT2D eigenvalue weighted by atomic mass is 9.87. The third-order valence-electron chi connectivity index (χ3n) is 7.88. The third kappa shape index (κ3) is 4.44. The maximum Gasteiger partial charge on any atom is 0.246 e. The van der Waals surface area contributed by atoms with E-state index in [4.69, 9.17) is 4.74 Å². The van der Waals surface area contributed by atoms with Crippen LogP contribution in [0, 0.1) is 18.6 Å². The first-order valence-corrected chi connectivity index (χ1v) is 13.9. The highest BCUT2D eigenvalue weighted by molar-refractivity contribution is 7.99. The van der Waals surface area contributed by atoms with Crippen molar-refractivity contribution in [2.24, 2.45) is 0 Å². The zero-order valence-corrected chi connectivity index (χ0v) is 23.0. The lowest BCUT2D eigenvalue weighted by Gasteiger charge is -2.50. The van der Waals surface area contributed by atoms with Gasteiger partial charge in [-0.3, -0.25) is 14.5 Å². The summed E-state index contributed by atoms with van der Waals surface area (Å²) >= 11 is 1.59. The first kappa shape index (κ1) is 26.8. The van der Waals surface area contributed by atoms with Gasteiger partial charge in [-0.15, -0.1) is 11.8 Å². The van der Waals surface area contributed by atoms with Gasteiger partial charge in [0.25, 0.3) is 0 Å². The molecule has 3 aliphatic heterocycles. The highest BCUT2D eigenvalue weighted by Crippen LogP contribution is 2.53. The fraction of sp³-hybridized carbons (Fsp3) is 0.448. The molecule has 38 heavy (non-hydrogen) atoms. The van der Waals surface area contributed by atoms with Crippen molar-refractivity contribution in [3.8, 4) is 11.1 Å². The molecule has 0 aromatic heterocycles. The number of amides is 2. The van der Waals surface area contributed by atoms with Crippen LogP contribution in [0.4, 0.5) is 14.5 Å². The molecule has 0 aliphatic carbocycles. The largest absolute Gasteiger partial charge is 0.383 e. The van der Waals surface area contributed by atoms with Crippen LogP contribution in [0.2, 0.25) is 0 Å². The lowest BCUT2D eigenvalue weighted by molar-refractivity contribution is -0.135. The van der Waals surface area contributed by atoms with E-state index in [1.807, 2.05) is 30.6 Å². The zero-order valence-electron chi connectivity index (χ0n) is 22.2. The monoisotopic (exact) mass is 541 g/mol. The third-order valence-corrected chi connectivity index (χ3v) is 9.12. The molecule has 0 N–H and O–H groups in total. The van der Waals surface area contributed by atoms with Crippen LogP contribution in [0.5, 0.6) is 0 Å². The van der Waals surface area contributed by atoms with Gasteiger partial charge in [-0.1, -0.05) is 12.6 Å². The number of thioether (sulfide) groups is 1. The Morgan fingerprint density at radius 3 is 2.55 bits per heavy atom. The van der Waals surface area contributed by atoms with Gasteiger partial charge in [-0.05, 0) is 50.1 Å². The molecule has 1 saturated heterocycles. The Kier molecular flexibility index (Phi) is 7.37. The normalized spacial score (nSPS) is 25.4. The van der Waals surface area contributed by atoms with Crippen molar-refractivity contribution in [3.05, 3.63) is 59.7 Å². The molecule has 5 rings (SSSR count). The molecule has 0 bridgehead atoms. The lowest BCUT2D eigenvalue weighted by Crippen LogP contribution is -2.60. The van der Waals surface area contributed by atoms with Crippen LogP contribution in [0.1, 0.15) is 37.4 Å². The number of anilines is 1. The van der Waals surface area contributed by atoms with Crippen LogP contribution in [-0.4, -0.2) is 72.3 Å². The molecule has 202 valence electrons. The molecule has 3 heterocycles. The summed E-state index contributed by atoms with van der Waals surface area (Å²) in [5.41, 5.74) is 3.73. The molecule has 6 nitrogen and oxygen atoms in total. The van der Waals surface area contributed by atoms with E-state index in [9.17, 15) is 14.0 Å². The summed E-state index contributed by atoms with van der Waals surface area (Å²) in [4.78, 5) is 33.1. The predicted molar refractivity (Wildman–Crippen MR) is 145 cm³/mol. The summed E-state index contributed by atoms with van der Waals surface area (Å²) in [5.74, 6) is -0.720. The van der Waals surface area contributed by atoms with Gasteiger partial charge >= 0.3 is 0 Å². The first-order valence-electron chi connectivity index (χ1n) is 12.9. The van der Waals surface area contributed by atoms with Gasteiger partial charge in [0.2, 0.25) is 11.8 Å². The molecule has 4 atom stereocenters. The van der Waals surface area contributed by atoms with Gasteiger partial charge in [0.05, 0.1) is 18.3 Å². The molecule has 0 saturated carbocycles. The average molecular weight is 542 g/mol. The van der Waals surface area contributed by atoms with E-state index in [0.717, 1.165) is 27.8 Å². The highest BCUT2D eigenvalue weighted by Gasteiger charge is 2.45. The number of carbonyl (C=O) groups excluding carboxylic acids is 2. The maximum atomic E-state index is 15.0. The van der Waals surface area contributed by atoms with Crippen molar-refractivity contribution in [1.82, 2.24) is 9.80 Å². The summed E-state index contributed by atoms with van der Waals surface area (Å²) in [6.45, 7) is 11.3. The second-order valence-electron chi connectivity index (χ2n) is 10.5. The molecule has 3 aliphatic rings. The van der Waals surface area contributed by atoms with E-state index >= 15 is 4.39 Å². The number of carbonyl (C=O) groups is 2. The Hall–Kier alpha value is -2.75. The van der Waals surface area contributed by atoms with E-state index in [1.54, 1.807) is 18.9 Å². The second-order valence-corrected chi connectivity index (χ2v) is 11.5. The van der Waals surface area contributed by atoms with Crippen molar-refractivity contribution in [2.75, 3.05) is 37.5 Å². The highest BCUT2D eigenvalue weighted by atomic mass is 32.2. The van der Waals surface area contributed by atoms with Gasteiger partial charge in [-0.2, -0.15) is 0 Å². The summed E-state index contributed by atoms with van der Waals surface area (Å²) in [6, 6.07) is 5.31. The van der Waals surface area contributed by atoms with Crippen LogP contribution >= 0.6 is 11.8 Å². The van der Waals surface area contributed by atoms with Crippen molar-refractivity contribution >= 4 is 29.3 Å². The van der Waals surface area contributed by atoms with Gasteiger partial charge in [0, 0.05) is 72.6 Å². The van der Waals surface area contributed by atoms with Gasteiger partial charge in [-0.25, -0.2) is 8.78 Å². The molecule has 0 radical (unpaired) electrons. The predicted octanol–water partition coefficient (Wildman–Crippen LogP) is 4.95. The SMILES string of the molecule is C=CC(=O)N1[C@H](C)CN(C2CC(=O)N3c4c2cc(C)c(-c2ccc(F)cc2F)c4SC[C@@H]3COC)C[C@@H]1C. The quantitative estimate of drug-likeness (QED) is 0.502. The van der Waals surface area contributed by atoms with Crippen molar-refractivity contribution < 1.29 is 23.1 Å². The number of piperazine rings is 1.